The summed E-state index contributed by atoms with van der Waals surface area (Å²) in [5.41, 5.74) is 3.09. The average Bonchev–Trinajstić information content (AvgIpc) is 3.12. The van der Waals surface area contributed by atoms with Crippen LogP contribution in [-0.4, -0.2) is 60.2 Å². The van der Waals surface area contributed by atoms with Gasteiger partial charge in [-0.05, 0) is 24.3 Å². The number of imidazole rings is 1. The first-order chi connectivity index (χ1) is 12.7. The number of H-pyrrole nitrogens is 1. The second kappa shape index (κ2) is 7.47. The number of aromatic amines is 1. The van der Waals surface area contributed by atoms with Crippen LogP contribution in [0.3, 0.4) is 0 Å². The zero-order valence-corrected chi connectivity index (χ0v) is 15.0. The summed E-state index contributed by atoms with van der Waals surface area (Å²) in [5.74, 6) is 1.80. The van der Waals surface area contributed by atoms with Crippen LogP contribution in [0.25, 0.3) is 11.4 Å². The number of ether oxygens (including phenoxy) is 2. The third-order valence-corrected chi connectivity index (χ3v) is 4.95. The van der Waals surface area contributed by atoms with E-state index in [0.29, 0.717) is 26.1 Å². The summed E-state index contributed by atoms with van der Waals surface area (Å²) in [6, 6.07) is 7.81. The van der Waals surface area contributed by atoms with Gasteiger partial charge < -0.3 is 24.7 Å². The van der Waals surface area contributed by atoms with Gasteiger partial charge in [-0.3, -0.25) is 4.79 Å². The highest BCUT2D eigenvalue weighted by atomic mass is 16.5. The Labute approximate surface area is 152 Å². The first-order valence-corrected chi connectivity index (χ1v) is 9.05. The summed E-state index contributed by atoms with van der Waals surface area (Å²) >= 11 is 0. The monoisotopic (exact) mass is 356 g/mol. The quantitative estimate of drug-likeness (QED) is 0.864. The second-order valence-electron chi connectivity index (χ2n) is 6.71. The van der Waals surface area contributed by atoms with Gasteiger partial charge in [-0.25, -0.2) is 4.98 Å². The number of methoxy groups -OCH3 is 1. The van der Waals surface area contributed by atoms with Crippen molar-refractivity contribution in [2.24, 2.45) is 0 Å². The average molecular weight is 356 g/mol. The van der Waals surface area contributed by atoms with E-state index >= 15 is 0 Å². The largest absolute Gasteiger partial charge is 0.497 e. The van der Waals surface area contributed by atoms with Crippen LogP contribution in [0, 0.1) is 0 Å². The maximum Gasteiger partial charge on any atom is 0.225 e. The molecule has 3 heterocycles. The molecule has 0 unspecified atom stereocenters. The number of nitrogens with one attached hydrogen (secondary N) is 2. The number of amides is 1. The van der Waals surface area contributed by atoms with Crippen molar-refractivity contribution in [3.8, 4) is 17.1 Å². The zero-order valence-electron chi connectivity index (χ0n) is 15.0. The molecule has 1 saturated heterocycles. The van der Waals surface area contributed by atoms with E-state index in [9.17, 15) is 4.79 Å². The molecular formula is C19H24N4O3. The zero-order chi connectivity index (χ0) is 17.9. The Morgan fingerprint density at radius 3 is 2.96 bits per heavy atom. The number of hydrogen-bond acceptors (Lipinski definition) is 5. The van der Waals surface area contributed by atoms with Crippen molar-refractivity contribution in [3.05, 3.63) is 35.7 Å². The van der Waals surface area contributed by atoms with Crippen LogP contribution in [-0.2, 0) is 22.5 Å². The molecule has 2 aromatic rings. The summed E-state index contributed by atoms with van der Waals surface area (Å²) in [7, 11) is 1.65. The molecule has 1 aromatic carbocycles. The van der Waals surface area contributed by atoms with Gasteiger partial charge in [-0.2, -0.15) is 0 Å². The maximum absolute atomic E-state index is 12.6. The predicted molar refractivity (Wildman–Crippen MR) is 96.9 cm³/mol. The number of benzene rings is 1. The van der Waals surface area contributed by atoms with Crippen molar-refractivity contribution in [2.75, 3.05) is 33.4 Å². The normalized spacial score (nSPS) is 19.9. The van der Waals surface area contributed by atoms with Gasteiger partial charge in [-0.15, -0.1) is 0 Å². The molecule has 1 amide bonds. The molecule has 138 valence electrons. The second-order valence-corrected chi connectivity index (χ2v) is 6.71. The Bertz CT molecular complexity index is 766. The van der Waals surface area contributed by atoms with Gasteiger partial charge in [0.1, 0.15) is 11.6 Å². The Kier molecular flexibility index (Phi) is 4.90. The number of morpholine rings is 1. The highest BCUT2D eigenvalue weighted by Gasteiger charge is 2.26. The molecule has 0 aliphatic carbocycles. The number of nitrogens with zero attached hydrogens (tertiary/aromatic N) is 2. The molecule has 2 N–H and O–H groups in total. The molecule has 1 fully saturated rings. The number of carbonyl (C=O) groups excluding carboxylic acids is 1. The molecule has 0 radical (unpaired) electrons. The van der Waals surface area contributed by atoms with Gasteiger partial charge in [0, 0.05) is 31.6 Å². The third kappa shape index (κ3) is 3.59. The van der Waals surface area contributed by atoms with E-state index < -0.39 is 0 Å². The van der Waals surface area contributed by atoms with E-state index in [1.165, 1.54) is 0 Å². The fraction of sp³-hybridized carbons (Fsp3) is 0.474. The SMILES string of the molecule is COc1ccc(-c2nc3c([nH]2)CN(C(=O)C[C@H]2CNCCO2)CC3)cc1. The molecule has 2 aliphatic rings. The number of fused-ring (bicyclic) bond motifs is 1. The van der Waals surface area contributed by atoms with Gasteiger partial charge in [0.2, 0.25) is 5.91 Å². The molecular weight excluding hydrogens is 332 g/mol. The van der Waals surface area contributed by atoms with Gasteiger partial charge in [-0.1, -0.05) is 0 Å². The Morgan fingerprint density at radius 1 is 1.38 bits per heavy atom. The van der Waals surface area contributed by atoms with E-state index in [-0.39, 0.29) is 12.0 Å². The van der Waals surface area contributed by atoms with E-state index in [4.69, 9.17) is 14.5 Å². The van der Waals surface area contributed by atoms with Crippen molar-refractivity contribution in [1.29, 1.82) is 0 Å². The summed E-state index contributed by atoms with van der Waals surface area (Å²) in [6.45, 7) is 3.57. The smallest absolute Gasteiger partial charge is 0.225 e. The van der Waals surface area contributed by atoms with Crippen LogP contribution in [0.4, 0.5) is 0 Å². The Balaban J connectivity index is 1.43. The van der Waals surface area contributed by atoms with Crippen LogP contribution in [0.2, 0.25) is 0 Å². The third-order valence-electron chi connectivity index (χ3n) is 4.95. The molecule has 0 spiro atoms. The van der Waals surface area contributed by atoms with Crippen molar-refractivity contribution in [3.63, 3.8) is 0 Å². The number of hydrogen-bond donors (Lipinski definition) is 2. The van der Waals surface area contributed by atoms with Crippen molar-refractivity contribution in [1.82, 2.24) is 20.2 Å². The molecule has 0 bridgehead atoms. The molecule has 2 aliphatic heterocycles. The first-order valence-electron chi connectivity index (χ1n) is 9.05. The fourth-order valence-electron chi connectivity index (χ4n) is 3.47. The van der Waals surface area contributed by atoms with Crippen LogP contribution in [0.15, 0.2) is 24.3 Å². The molecule has 7 heteroatoms. The van der Waals surface area contributed by atoms with Crippen LogP contribution >= 0.6 is 0 Å². The molecule has 1 aromatic heterocycles. The lowest BCUT2D eigenvalue weighted by Gasteiger charge is -2.29. The molecule has 0 saturated carbocycles. The number of carbonyl (C=O) groups is 1. The predicted octanol–water partition coefficient (Wildman–Crippen LogP) is 1.35. The molecule has 7 nitrogen and oxygen atoms in total. The van der Waals surface area contributed by atoms with E-state index in [0.717, 1.165) is 48.0 Å². The van der Waals surface area contributed by atoms with Crippen LogP contribution in [0.1, 0.15) is 17.8 Å². The summed E-state index contributed by atoms with van der Waals surface area (Å²) in [4.78, 5) is 22.6. The van der Waals surface area contributed by atoms with Crippen LogP contribution in [0.5, 0.6) is 5.75 Å². The molecule has 1 atom stereocenters. The minimum atomic E-state index is -0.0192. The number of aromatic nitrogens is 2. The maximum atomic E-state index is 12.6. The van der Waals surface area contributed by atoms with Gasteiger partial charge in [0.25, 0.3) is 0 Å². The highest BCUT2D eigenvalue weighted by Crippen LogP contribution is 2.25. The summed E-state index contributed by atoms with van der Waals surface area (Å²) in [6.07, 6.45) is 1.19. The standard InChI is InChI=1S/C19H24N4O3/c1-25-14-4-2-13(3-5-14)19-21-16-6-8-23(12-17(16)22-19)18(24)10-15-11-20-7-9-26-15/h2-5,15,20H,6-12H2,1H3,(H,21,22)/t15-/m0/s1. The minimum absolute atomic E-state index is 0.0192. The van der Waals surface area contributed by atoms with Crippen molar-refractivity contribution >= 4 is 5.91 Å². The fourth-order valence-corrected chi connectivity index (χ4v) is 3.47. The number of rotatable bonds is 4. The minimum Gasteiger partial charge on any atom is -0.497 e. The lowest BCUT2D eigenvalue weighted by atomic mass is 10.1. The highest BCUT2D eigenvalue weighted by molar-refractivity contribution is 5.77. The van der Waals surface area contributed by atoms with E-state index in [2.05, 4.69) is 10.3 Å². The molecule has 26 heavy (non-hydrogen) atoms. The Hall–Kier alpha value is -2.38. The van der Waals surface area contributed by atoms with Crippen LogP contribution < -0.4 is 10.1 Å². The summed E-state index contributed by atoms with van der Waals surface area (Å²) < 4.78 is 10.8. The molecule has 4 rings (SSSR count). The van der Waals surface area contributed by atoms with Crippen molar-refractivity contribution in [2.45, 2.75) is 25.5 Å². The lowest BCUT2D eigenvalue weighted by Crippen LogP contribution is -2.43. The summed E-state index contributed by atoms with van der Waals surface area (Å²) in [5, 5.41) is 3.27. The van der Waals surface area contributed by atoms with E-state index in [1.54, 1.807) is 7.11 Å². The lowest BCUT2D eigenvalue weighted by molar-refractivity contribution is -0.135. The van der Waals surface area contributed by atoms with Gasteiger partial charge >= 0.3 is 0 Å². The topological polar surface area (TPSA) is 79.5 Å². The van der Waals surface area contributed by atoms with Gasteiger partial charge in [0.05, 0.1) is 44.2 Å². The van der Waals surface area contributed by atoms with E-state index in [1.807, 2.05) is 29.2 Å². The van der Waals surface area contributed by atoms with Crippen molar-refractivity contribution < 1.29 is 14.3 Å². The Morgan fingerprint density at radius 2 is 2.23 bits per heavy atom. The first kappa shape index (κ1) is 17.1. The van der Waals surface area contributed by atoms with Gasteiger partial charge in [0.15, 0.2) is 0 Å².